The molecule has 0 bridgehead atoms. The van der Waals surface area contributed by atoms with Crippen molar-refractivity contribution in [2.24, 2.45) is 0 Å². The second-order valence-corrected chi connectivity index (χ2v) is 5.30. The van der Waals surface area contributed by atoms with E-state index in [4.69, 9.17) is 34.8 Å². The molecule has 0 aliphatic heterocycles. The highest BCUT2D eigenvalue weighted by atomic mass is 35.5. The molecule has 1 unspecified atom stereocenters. The molecule has 0 fully saturated rings. The van der Waals surface area contributed by atoms with Crippen LogP contribution in [0.25, 0.3) is 0 Å². The first-order valence-corrected chi connectivity index (χ1v) is 7.04. The topological polar surface area (TPSA) is 24.9 Å². The summed E-state index contributed by atoms with van der Waals surface area (Å²) >= 11 is 18.5. The molecule has 0 amide bonds. The molecule has 2 nitrogen and oxygen atoms in total. The van der Waals surface area contributed by atoms with E-state index in [1.165, 1.54) is 0 Å². The molecule has 0 radical (unpaired) electrons. The smallest absolute Gasteiger partial charge is 0.0640 e. The lowest BCUT2D eigenvalue weighted by atomic mass is 9.99. The highest BCUT2D eigenvalue weighted by Gasteiger charge is 2.19. The second kappa shape index (κ2) is 6.58. The predicted molar refractivity (Wildman–Crippen MR) is 81.2 cm³/mol. The van der Waals surface area contributed by atoms with E-state index in [1.54, 1.807) is 24.5 Å². The minimum Gasteiger partial charge on any atom is -0.306 e. The van der Waals surface area contributed by atoms with Crippen molar-refractivity contribution in [3.8, 4) is 0 Å². The van der Waals surface area contributed by atoms with Crippen molar-refractivity contribution in [1.82, 2.24) is 10.3 Å². The van der Waals surface area contributed by atoms with E-state index in [2.05, 4.69) is 10.3 Å². The molecule has 2 aromatic rings. The average Bonchev–Trinajstić information content (AvgIpc) is 2.40. The van der Waals surface area contributed by atoms with E-state index in [0.717, 1.165) is 17.7 Å². The molecule has 2 rings (SSSR count). The summed E-state index contributed by atoms with van der Waals surface area (Å²) in [5.74, 6) is 0. The Hall–Kier alpha value is -0.800. The van der Waals surface area contributed by atoms with Crippen LogP contribution in [0.15, 0.2) is 36.7 Å². The largest absolute Gasteiger partial charge is 0.306 e. The van der Waals surface area contributed by atoms with Gasteiger partial charge in [-0.2, -0.15) is 0 Å². The first-order valence-electron chi connectivity index (χ1n) is 5.91. The van der Waals surface area contributed by atoms with Gasteiger partial charge in [-0.1, -0.05) is 41.7 Å². The zero-order valence-electron chi connectivity index (χ0n) is 10.3. The number of hydrogen-bond donors (Lipinski definition) is 1. The number of aromatic nitrogens is 1. The zero-order valence-corrected chi connectivity index (χ0v) is 12.6. The van der Waals surface area contributed by atoms with E-state index in [9.17, 15) is 0 Å². The summed E-state index contributed by atoms with van der Waals surface area (Å²) in [6, 6.07) is 7.19. The van der Waals surface area contributed by atoms with E-state index in [1.807, 2.05) is 19.1 Å². The molecule has 0 saturated carbocycles. The van der Waals surface area contributed by atoms with Crippen LogP contribution in [-0.4, -0.2) is 11.5 Å². The number of halogens is 3. The summed E-state index contributed by atoms with van der Waals surface area (Å²) in [6.45, 7) is 2.81. The van der Waals surface area contributed by atoms with Crippen LogP contribution in [0.5, 0.6) is 0 Å². The number of hydrogen-bond acceptors (Lipinski definition) is 2. The van der Waals surface area contributed by atoms with Gasteiger partial charge in [0.15, 0.2) is 0 Å². The minimum absolute atomic E-state index is 0.105. The van der Waals surface area contributed by atoms with Crippen molar-refractivity contribution in [2.45, 2.75) is 13.0 Å². The highest BCUT2D eigenvalue weighted by molar-refractivity contribution is 6.34. The van der Waals surface area contributed by atoms with Crippen LogP contribution in [0.3, 0.4) is 0 Å². The van der Waals surface area contributed by atoms with Crippen LogP contribution in [0.2, 0.25) is 15.1 Å². The van der Waals surface area contributed by atoms with Crippen molar-refractivity contribution in [3.63, 3.8) is 0 Å². The maximum Gasteiger partial charge on any atom is 0.0640 e. The summed E-state index contributed by atoms with van der Waals surface area (Å²) in [4.78, 5) is 4.00. The standard InChI is InChI=1S/C14H13Cl3N2/c1-2-19-14(10-5-6-18-8-13(10)17)11-7-9(15)3-4-12(11)16/h3-8,14,19H,2H2,1H3. The van der Waals surface area contributed by atoms with Gasteiger partial charge in [0.25, 0.3) is 0 Å². The summed E-state index contributed by atoms with van der Waals surface area (Å²) in [7, 11) is 0. The third kappa shape index (κ3) is 3.40. The minimum atomic E-state index is -0.105. The molecular weight excluding hydrogens is 303 g/mol. The quantitative estimate of drug-likeness (QED) is 0.881. The molecule has 1 N–H and O–H groups in total. The van der Waals surface area contributed by atoms with Gasteiger partial charge < -0.3 is 5.32 Å². The van der Waals surface area contributed by atoms with E-state index in [-0.39, 0.29) is 6.04 Å². The van der Waals surface area contributed by atoms with Crippen LogP contribution in [0.1, 0.15) is 24.1 Å². The molecule has 0 aliphatic carbocycles. The van der Waals surface area contributed by atoms with Crippen LogP contribution < -0.4 is 5.32 Å². The molecule has 1 atom stereocenters. The third-order valence-corrected chi connectivity index (χ3v) is 3.69. The molecule has 0 saturated heterocycles. The van der Waals surface area contributed by atoms with Crippen LogP contribution in [0.4, 0.5) is 0 Å². The summed E-state index contributed by atoms with van der Waals surface area (Å²) in [5.41, 5.74) is 1.84. The Morgan fingerprint density at radius 3 is 2.58 bits per heavy atom. The first kappa shape index (κ1) is 14.6. The monoisotopic (exact) mass is 314 g/mol. The molecule has 1 aromatic carbocycles. The van der Waals surface area contributed by atoms with Gasteiger partial charge in [-0.3, -0.25) is 4.98 Å². The van der Waals surface area contributed by atoms with E-state index in [0.29, 0.717) is 15.1 Å². The van der Waals surface area contributed by atoms with Gasteiger partial charge in [-0.25, -0.2) is 0 Å². The van der Waals surface area contributed by atoms with Crippen molar-refractivity contribution in [3.05, 3.63) is 62.9 Å². The van der Waals surface area contributed by atoms with Gasteiger partial charge in [0.1, 0.15) is 0 Å². The lowest BCUT2D eigenvalue weighted by Gasteiger charge is -2.21. The Morgan fingerprint density at radius 2 is 1.89 bits per heavy atom. The maximum absolute atomic E-state index is 6.27. The third-order valence-electron chi connectivity index (χ3n) is 2.79. The number of nitrogens with zero attached hydrogens (tertiary/aromatic N) is 1. The van der Waals surface area contributed by atoms with Gasteiger partial charge in [0, 0.05) is 22.4 Å². The molecule has 1 aromatic heterocycles. The van der Waals surface area contributed by atoms with Gasteiger partial charge in [-0.05, 0) is 41.9 Å². The van der Waals surface area contributed by atoms with Gasteiger partial charge in [0.05, 0.1) is 11.1 Å². The average molecular weight is 316 g/mol. The van der Waals surface area contributed by atoms with E-state index >= 15 is 0 Å². The fourth-order valence-corrected chi connectivity index (χ4v) is 2.58. The Kier molecular flexibility index (Phi) is 5.06. The van der Waals surface area contributed by atoms with Crippen LogP contribution in [0, 0.1) is 0 Å². The van der Waals surface area contributed by atoms with E-state index < -0.39 is 0 Å². The SMILES string of the molecule is CCNC(c1ccncc1Cl)c1cc(Cl)ccc1Cl. The molecular formula is C14H13Cl3N2. The van der Waals surface area contributed by atoms with Gasteiger partial charge in [-0.15, -0.1) is 0 Å². The predicted octanol–water partition coefficient (Wildman–Crippen LogP) is 4.74. The summed E-state index contributed by atoms with van der Waals surface area (Å²) in [5, 5.41) is 5.27. The number of pyridine rings is 1. The lowest BCUT2D eigenvalue weighted by Crippen LogP contribution is -2.22. The zero-order chi connectivity index (χ0) is 13.8. The molecule has 100 valence electrons. The maximum atomic E-state index is 6.27. The number of rotatable bonds is 4. The van der Waals surface area contributed by atoms with Crippen molar-refractivity contribution >= 4 is 34.8 Å². The van der Waals surface area contributed by atoms with Gasteiger partial charge in [0.2, 0.25) is 0 Å². The van der Waals surface area contributed by atoms with Crippen molar-refractivity contribution < 1.29 is 0 Å². The first-order chi connectivity index (χ1) is 9.13. The second-order valence-electron chi connectivity index (χ2n) is 4.05. The Balaban J connectivity index is 2.51. The molecule has 1 heterocycles. The fourth-order valence-electron chi connectivity index (χ4n) is 1.95. The normalized spacial score (nSPS) is 12.4. The Morgan fingerprint density at radius 1 is 1.11 bits per heavy atom. The van der Waals surface area contributed by atoms with Crippen LogP contribution >= 0.6 is 34.8 Å². The fraction of sp³-hybridized carbons (Fsp3) is 0.214. The molecule has 5 heteroatoms. The van der Waals surface area contributed by atoms with Crippen LogP contribution in [-0.2, 0) is 0 Å². The molecule has 19 heavy (non-hydrogen) atoms. The lowest BCUT2D eigenvalue weighted by molar-refractivity contribution is 0.630. The van der Waals surface area contributed by atoms with Crippen molar-refractivity contribution in [2.75, 3.05) is 6.54 Å². The Bertz CT molecular complexity index is 572. The van der Waals surface area contributed by atoms with Crippen molar-refractivity contribution in [1.29, 1.82) is 0 Å². The number of benzene rings is 1. The molecule has 0 spiro atoms. The highest BCUT2D eigenvalue weighted by Crippen LogP contribution is 2.33. The summed E-state index contributed by atoms with van der Waals surface area (Å²) in [6.07, 6.45) is 3.34. The Labute approximate surface area is 127 Å². The number of nitrogens with one attached hydrogen (secondary N) is 1. The molecule has 0 aliphatic rings. The van der Waals surface area contributed by atoms with Gasteiger partial charge >= 0.3 is 0 Å². The summed E-state index contributed by atoms with van der Waals surface area (Å²) < 4.78 is 0.